The third-order valence-electron chi connectivity index (χ3n) is 4.20. The van der Waals surface area contributed by atoms with Crippen molar-refractivity contribution in [3.63, 3.8) is 0 Å². The fourth-order valence-corrected chi connectivity index (χ4v) is 3.73. The molecule has 0 bridgehead atoms. The van der Waals surface area contributed by atoms with Crippen LogP contribution in [0.3, 0.4) is 0 Å². The van der Waals surface area contributed by atoms with Gasteiger partial charge in [-0.15, -0.1) is 0 Å². The van der Waals surface area contributed by atoms with Gasteiger partial charge in [0.1, 0.15) is 11.5 Å². The number of ether oxygens (including phenoxy) is 2. The maximum atomic E-state index is 12.2. The number of carbonyl (C=O) groups excluding carboxylic acids is 1. The molecule has 0 unspecified atom stereocenters. The SMILES string of the molecule is CC(C)(C)c1ccc(OC(=O)COc2ccc3ccccc3c2Br)c(Br)c1. The van der Waals surface area contributed by atoms with Gasteiger partial charge in [-0.3, -0.25) is 0 Å². The van der Waals surface area contributed by atoms with Crippen LogP contribution in [0.25, 0.3) is 10.8 Å². The topological polar surface area (TPSA) is 35.5 Å². The fraction of sp³-hybridized carbons (Fsp3) is 0.227. The highest BCUT2D eigenvalue weighted by molar-refractivity contribution is 9.11. The van der Waals surface area contributed by atoms with Gasteiger partial charge in [0, 0.05) is 0 Å². The lowest BCUT2D eigenvalue weighted by Crippen LogP contribution is -2.18. The van der Waals surface area contributed by atoms with E-state index in [4.69, 9.17) is 9.47 Å². The van der Waals surface area contributed by atoms with Crippen LogP contribution in [0.5, 0.6) is 11.5 Å². The number of hydrogen-bond donors (Lipinski definition) is 0. The first-order valence-corrected chi connectivity index (χ1v) is 10.1. The summed E-state index contributed by atoms with van der Waals surface area (Å²) in [4.78, 5) is 12.2. The summed E-state index contributed by atoms with van der Waals surface area (Å²) in [5, 5.41) is 2.13. The molecule has 3 nitrogen and oxygen atoms in total. The minimum Gasteiger partial charge on any atom is -0.481 e. The number of fused-ring (bicyclic) bond motifs is 1. The molecule has 0 aliphatic heterocycles. The Morgan fingerprint density at radius 1 is 0.963 bits per heavy atom. The van der Waals surface area contributed by atoms with E-state index in [2.05, 4.69) is 52.6 Å². The molecule has 0 heterocycles. The summed E-state index contributed by atoms with van der Waals surface area (Å²) in [5.74, 6) is 0.626. The van der Waals surface area contributed by atoms with Crippen LogP contribution < -0.4 is 9.47 Å². The smallest absolute Gasteiger partial charge is 0.349 e. The van der Waals surface area contributed by atoms with E-state index in [0.29, 0.717) is 11.5 Å². The zero-order valence-electron chi connectivity index (χ0n) is 15.4. The molecule has 140 valence electrons. The molecule has 0 saturated heterocycles. The average molecular weight is 492 g/mol. The van der Waals surface area contributed by atoms with E-state index < -0.39 is 5.97 Å². The van der Waals surface area contributed by atoms with E-state index in [1.165, 1.54) is 0 Å². The lowest BCUT2D eigenvalue weighted by atomic mass is 9.87. The Bertz CT molecular complexity index is 991. The Kier molecular flexibility index (Phi) is 5.92. The molecule has 0 N–H and O–H groups in total. The second-order valence-corrected chi connectivity index (χ2v) is 8.90. The maximum Gasteiger partial charge on any atom is 0.349 e. The average Bonchev–Trinajstić information content (AvgIpc) is 2.62. The van der Waals surface area contributed by atoms with Crippen LogP contribution in [-0.2, 0) is 10.2 Å². The molecule has 27 heavy (non-hydrogen) atoms. The van der Waals surface area contributed by atoms with E-state index in [1.54, 1.807) is 6.07 Å². The molecule has 3 aromatic carbocycles. The van der Waals surface area contributed by atoms with Crippen LogP contribution in [0.4, 0.5) is 0 Å². The van der Waals surface area contributed by atoms with Crippen LogP contribution in [-0.4, -0.2) is 12.6 Å². The van der Waals surface area contributed by atoms with Crippen molar-refractivity contribution < 1.29 is 14.3 Å². The van der Waals surface area contributed by atoms with Crippen molar-refractivity contribution in [1.29, 1.82) is 0 Å². The molecule has 5 heteroatoms. The largest absolute Gasteiger partial charge is 0.481 e. The van der Waals surface area contributed by atoms with Crippen molar-refractivity contribution in [2.45, 2.75) is 26.2 Å². The summed E-state index contributed by atoms with van der Waals surface area (Å²) < 4.78 is 12.7. The number of hydrogen-bond acceptors (Lipinski definition) is 3. The lowest BCUT2D eigenvalue weighted by Gasteiger charge is -2.20. The minimum absolute atomic E-state index is 0.0243. The van der Waals surface area contributed by atoms with Crippen LogP contribution in [0.2, 0.25) is 0 Å². The van der Waals surface area contributed by atoms with Gasteiger partial charge in [-0.2, -0.15) is 0 Å². The monoisotopic (exact) mass is 490 g/mol. The van der Waals surface area contributed by atoms with E-state index in [1.807, 2.05) is 48.5 Å². The predicted octanol–water partition coefficient (Wildman–Crippen LogP) is 6.65. The van der Waals surface area contributed by atoms with Gasteiger partial charge in [0.25, 0.3) is 0 Å². The fourth-order valence-electron chi connectivity index (χ4n) is 2.66. The number of benzene rings is 3. The number of rotatable bonds is 4. The summed E-state index contributed by atoms with van der Waals surface area (Å²) >= 11 is 7.03. The molecule has 0 aromatic heterocycles. The summed E-state index contributed by atoms with van der Waals surface area (Å²) in [6.45, 7) is 6.23. The van der Waals surface area contributed by atoms with E-state index in [0.717, 1.165) is 25.3 Å². The minimum atomic E-state index is -0.459. The van der Waals surface area contributed by atoms with Crippen LogP contribution >= 0.6 is 31.9 Å². The van der Waals surface area contributed by atoms with Crippen molar-refractivity contribution in [3.8, 4) is 11.5 Å². The summed E-state index contributed by atoms with van der Waals surface area (Å²) in [5.41, 5.74) is 1.18. The molecule has 0 amide bonds. The summed E-state index contributed by atoms with van der Waals surface area (Å²) in [7, 11) is 0. The van der Waals surface area contributed by atoms with Gasteiger partial charge >= 0.3 is 5.97 Å². The van der Waals surface area contributed by atoms with Crippen molar-refractivity contribution in [2.24, 2.45) is 0 Å². The molecule has 0 radical (unpaired) electrons. The zero-order chi connectivity index (χ0) is 19.6. The Labute approximate surface area is 175 Å². The van der Waals surface area contributed by atoms with Crippen LogP contribution in [0.15, 0.2) is 63.5 Å². The van der Waals surface area contributed by atoms with Crippen molar-refractivity contribution in [2.75, 3.05) is 6.61 Å². The van der Waals surface area contributed by atoms with Gasteiger partial charge in [-0.05, 0) is 71.8 Å². The molecule has 3 rings (SSSR count). The van der Waals surface area contributed by atoms with E-state index in [9.17, 15) is 4.79 Å². The molecule has 0 aliphatic carbocycles. The highest BCUT2D eigenvalue weighted by Crippen LogP contribution is 2.34. The van der Waals surface area contributed by atoms with Gasteiger partial charge in [-0.1, -0.05) is 57.2 Å². The first-order chi connectivity index (χ1) is 12.8. The lowest BCUT2D eigenvalue weighted by molar-refractivity contribution is -0.136. The molecule has 0 aliphatic rings. The van der Waals surface area contributed by atoms with E-state index >= 15 is 0 Å². The van der Waals surface area contributed by atoms with Gasteiger partial charge < -0.3 is 9.47 Å². The zero-order valence-corrected chi connectivity index (χ0v) is 18.6. The maximum absolute atomic E-state index is 12.2. The van der Waals surface area contributed by atoms with Crippen LogP contribution in [0, 0.1) is 0 Å². The standard InChI is InChI=1S/C22H20Br2O3/c1-22(2,3)15-9-11-18(17(23)12-15)27-20(25)13-26-19-10-8-14-6-4-5-7-16(14)21(19)24/h4-12H,13H2,1-3H3. The third-order valence-corrected chi connectivity index (χ3v) is 5.63. The number of halogens is 2. The predicted molar refractivity (Wildman–Crippen MR) is 116 cm³/mol. The van der Waals surface area contributed by atoms with Crippen LogP contribution in [0.1, 0.15) is 26.3 Å². The second kappa shape index (κ2) is 8.03. The highest BCUT2D eigenvalue weighted by atomic mass is 79.9. The molecular formula is C22H20Br2O3. The van der Waals surface area contributed by atoms with Gasteiger partial charge in [0.15, 0.2) is 6.61 Å². The van der Waals surface area contributed by atoms with Crippen molar-refractivity contribution in [1.82, 2.24) is 0 Å². The van der Waals surface area contributed by atoms with Gasteiger partial charge in [0.05, 0.1) is 8.95 Å². The number of carbonyl (C=O) groups is 1. The van der Waals surface area contributed by atoms with Gasteiger partial charge in [-0.25, -0.2) is 4.79 Å². The molecule has 0 fully saturated rings. The Hall–Kier alpha value is -1.85. The summed E-state index contributed by atoms with van der Waals surface area (Å²) in [6, 6.07) is 17.5. The molecular weight excluding hydrogens is 472 g/mol. The van der Waals surface area contributed by atoms with Gasteiger partial charge in [0.2, 0.25) is 0 Å². The highest BCUT2D eigenvalue weighted by Gasteiger charge is 2.17. The second-order valence-electron chi connectivity index (χ2n) is 7.26. The molecule has 0 atom stereocenters. The quantitative estimate of drug-likeness (QED) is 0.303. The molecule has 0 saturated carbocycles. The Balaban J connectivity index is 1.68. The Morgan fingerprint density at radius 3 is 2.37 bits per heavy atom. The normalized spacial score (nSPS) is 11.4. The number of esters is 1. The van der Waals surface area contributed by atoms with Crippen molar-refractivity contribution >= 4 is 48.6 Å². The molecule has 3 aromatic rings. The first kappa shape index (κ1) is 19.9. The third kappa shape index (κ3) is 4.71. The first-order valence-electron chi connectivity index (χ1n) is 8.56. The van der Waals surface area contributed by atoms with Crippen molar-refractivity contribution in [3.05, 3.63) is 69.1 Å². The molecule has 0 spiro atoms. The summed E-state index contributed by atoms with van der Waals surface area (Å²) in [6.07, 6.45) is 0. The Morgan fingerprint density at radius 2 is 1.67 bits per heavy atom. The van der Waals surface area contributed by atoms with E-state index in [-0.39, 0.29) is 12.0 Å².